The Kier molecular flexibility index (Phi) is 5.83. The van der Waals surface area contributed by atoms with E-state index >= 15 is 0 Å². The number of hydrogen-bond acceptors (Lipinski definition) is 4. The van der Waals surface area contributed by atoms with Gasteiger partial charge in [0.25, 0.3) is 0 Å². The molecule has 1 N–H and O–H groups in total. The SMILES string of the molecule is CC(C)CC1CN=C(NCCCN2CCCC2)S1. The van der Waals surface area contributed by atoms with Crippen molar-refractivity contribution in [1.82, 2.24) is 10.2 Å². The number of rotatable bonds is 6. The summed E-state index contributed by atoms with van der Waals surface area (Å²) >= 11 is 1.95. The Labute approximate surface area is 116 Å². The summed E-state index contributed by atoms with van der Waals surface area (Å²) in [4.78, 5) is 7.17. The highest BCUT2D eigenvalue weighted by molar-refractivity contribution is 8.14. The van der Waals surface area contributed by atoms with Gasteiger partial charge in [-0.25, -0.2) is 0 Å². The van der Waals surface area contributed by atoms with E-state index in [1.165, 1.54) is 50.5 Å². The Morgan fingerprint density at radius 3 is 2.89 bits per heavy atom. The smallest absolute Gasteiger partial charge is 0.156 e. The average Bonchev–Trinajstić information content (AvgIpc) is 2.95. The predicted octanol–water partition coefficient (Wildman–Crippen LogP) is 2.58. The Hall–Kier alpha value is -0.220. The molecule has 2 heterocycles. The first kappa shape index (κ1) is 14.2. The van der Waals surface area contributed by atoms with Crippen LogP contribution in [0.15, 0.2) is 4.99 Å². The minimum atomic E-state index is 0.714. The fraction of sp³-hybridized carbons (Fsp3) is 0.929. The molecule has 0 bridgehead atoms. The zero-order valence-electron chi connectivity index (χ0n) is 11.8. The van der Waals surface area contributed by atoms with Crippen molar-refractivity contribution in [2.75, 3.05) is 32.7 Å². The number of likely N-dealkylation sites (tertiary alicyclic amines) is 1. The minimum Gasteiger partial charge on any atom is -0.365 e. The molecular formula is C14H27N3S. The normalized spacial score (nSPS) is 24.8. The lowest BCUT2D eigenvalue weighted by Crippen LogP contribution is -2.26. The van der Waals surface area contributed by atoms with Gasteiger partial charge in [-0.3, -0.25) is 4.99 Å². The quantitative estimate of drug-likeness (QED) is 0.751. The first-order valence-electron chi connectivity index (χ1n) is 7.41. The molecule has 1 saturated heterocycles. The highest BCUT2D eigenvalue weighted by atomic mass is 32.2. The van der Waals surface area contributed by atoms with E-state index in [0.717, 1.165) is 19.0 Å². The number of nitrogens with one attached hydrogen (secondary N) is 1. The largest absolute Gasteiger partial charge is 0.365 e. The predicted molar refractivity (Wildman–Crippen MR) is 81.4 cm³/mol. The standard InChI is InChI=1S/C14H27N3S/c1-12(2)10-13-11-16-14(18-13)15-6-5-9-17-7-3-4-8-17/h12-13H,3-11H2,1-2H3,(H,15,16). The molecule has 2 aliphatic heterocycles. The van der Waals surface area contributed by atoms with E-state index in [4.69, 9.17) is 0 Å². The summed E-state index contributed by atoms with van der Waals surface area (Å²) in [6, 6.07) is 0. The van der Waals surface area contributed by atoms with Gasteiger partial charge in [0.05, 0.1) is 6.54 Å². The van der Waals surface area contributed by atoms with Crippen LogP contribution in [0.1, 0.15) is 39.5 Å². The van der Waals surface area contributed by atoms with Crippen LogP contribution < -0.4 is 5.32 Å². The van der Waals surface area contributed by atoms with Crippen LogP contribution in [0.25, 0.3) is 0 Å². The van der Waals surface area contributed by atoms with Crippen molar-refractivity contribution in [1.29, 1.82) is 0 Å². The molecule has 104 valence electrons. The minimum absolute atomic E-state index is 0.714. The summed E-state index contributed by atoms with van der Waals surface area (Å²) in [5.74, 6) is 0.784. The number of aliphatic imine (C=N–C) groups is 1. The van der Waals surface area contributed by atoms with Crippen molar-refractivity contribution in [2.24, 2.45) is 10.9 Å². The summed E-state index contributed by atoms with van der Waals surface area (Å²) in [5.41, 5.74) is 0. The third-order valence-corrected chi connectivity index (χ3v) is 4.75. The number of thioether (sulfide) groups is 1. The van der Waals surface area contributed by atoms with Crippen LogP contribution >= 0.6 is 11.8 Å². The van der Waals surface area contributed by atoms with Crippen LogP contribution in [-0.2, 0) is 0 Å². The third kappa shape index (κ3) is 4.81. The summed E-state index contributed by atoms with van der Waals surface area (Å²) in [6.45, 7) is 10.6. The van der Waals surface area contributed by atoms with E-state index in [1.807, 2.05) is 11.8 Å². The maximum atomic E-state index is 4.59. The lowest BCUT2D eigenvalue weighted by molar-refractivity contribution is 0.334. The van der Waals surface area contributed by atoms with Gasteiger partial charge in [-0.2, -0.15) is 0 Å². The molecule has 3 nitrogen and oxygen atoms in total. The Balaban J connectivity index is 1.52. The Bertz CT molecular complexity index is 272. The summed E-state index contributed by atoms with van der Waals surface area (Å²) in [5, 5.41) is 5.39. The molecule has 18 heavy (non-hydrogen) atoms. The van der Waals surface area contributed by atoms with Crippen molar-refractivity contribution < 1.29 is 0 Å². The first-order chi connectivity index (χ1) is 8.74. The van der Waals surface area contributed by atoms with Crippen molar-refractivity contribution in [3.8, 4) is 0 Å². The van der Waals surface area contributed by atoms with Crippen molar-refractivity contribution in [3.05, 3.63) is 0 Å². The Morgan fingerprint density at radius 1 is 1.39 bits per heavy atom. The van der Waals surface area contributed by atoms with E-state index in [1.54, 1.807) is 0 Å². The average molecular weight is 269 g/mol. The second-order valence-electron chi connectivity index (χ2n) is 5.84. The Morgan fingerprint density at radius 2 is 2.17 bits per heavy atom. The zero-order valence-corrected chi connectivity index (χ0v) is 12.6. The third-order valence-electron chi connectivity index (χ3n) is 3.58. The first-order valence-corrected chi connectivity index (χ1v) is 8.29. The summed E-state index contributed by atoms with van der Waals surface area (Å²) in [6.07, 6.45) is 5.32. The fourth-order valence-corrected chi connectivity index (χ4v) is 3.95. The lowest BCUT2D eigenvalue weighted by Gasteiger charge is -2.15. The monoisotopic (exact) mass is 269 g/mol. The van der Waals surface area contributed by atoms with E-state index in [0.29, 0.717) is 5.25 Å². The second-order valence-corrected chi connectivity index (χ2v) is 7.13. The van der Waals surface area contributed by atoms with Crippen molar-refractivity contribution >= 4 is 16.9 Å². The van der Waals surface area contributed by atoms with E-state index in [2.05, 4.69) is 29.1 Å². The molecule has 1 atom stereocenters. The van der Waals surface area contributed by atoms with Crippen LogP contribution in [0.2, 0.25) is 0 Å². The zero-order chi connectivity index (χ0) is 12.8. The molecule has 0 aromatic carbocycles. The van der Waals surface area contributed by atoms with Crippen molar-refractivity contribution in [3.63, 3.8) is 0 Å². The van der Waals surface area contributed by atoms with Gasteiger partial charge in [-0.15, -0.1) is 0 Å². The molecule has 0 saturated carbocycles. The van der Waals surface area contributed by atoms with Gasteiger partial charge in [-0.1, -0.05) is 25.6 Å². The number of hydrogen-bond donors (Lipinski definition) is 1. The molecule has 1 unspecified atom stereocenters. The summed E-state index contributed by atoms with van der Waals surface area (Å²) < 4.78 is 0. The lowest BCUT2D eigenvalue weighted by atomic mass is 10.1. The molecule has 0 aromatic heterocycles. The van der Waals surface area contributed by atoms with Crippen LogP contribution in [0.4, 0.5) is 0 Å². The molecule has 0 spiro atoms. The molecule has 4 heteroatoms. The molecule has 0 aromatic rings. The highest BCUT2D eigenvalue weighted by Crippen LogP contribution is 2.25. The van der Waals surface area contributed by atoms with Gasteiger partial charge in [0.1, 0.15) is 0 Å². The van der Waals surface area contributed by atoms with Gasteiger partial charge < -0.3 is 10.2 Å². The molecule has 2 rings (SSSR count). The topological polar surface area (TPSA) is 27.6 Å². The van der Waals surface area contributed by atoms with Gasteiger partial charge in [0, 0.05) is 11.8 Å². The molecule has 0 radical (unpaired) electrons. The van der Waals surface area contributed by atoms with Gasteiger partial charge in [0.15, 0.2) is 5.17 Å². The molecular weight excluding hydrogens is 242 g/mol. The molecule has 2 aliphatic rings. The number of amidine groups is 1. The van der Waals surface area contributed by atoms with Crippen molar-refractivity contribution in [2.45, 2.75) is 44.8 Å². The highest BCUT2D eigenvalue weighted by Gasteiger charge is 2.20. The van der Waals surface area contributed by atoms with Gasteiger partial charge in [-0.05, 0) is 51.2 Å². The fourth-order valence-electron chi connectivity index (χ4n) is 2.67. The van der Waals surface area contributed by atoms with Crippen LogP contribution in [-0.4, -0.2) is 48.0 Å². The number of nitrogens with zero attached hydrogens (tertiary/aromatic N) is 2. The molecule has 0 aliphatic carbocycles. The van der Waals surface area contributed by atoms with Crippen LogP contribution in [0.3, 0.4) is 0 Å². The van der Waals surface area contributed by atoms with E-state index < -0.39 is 0 Å². The molecule has 1 fully saturated rings. The maximum absolute atomic E-state index is 4.59. The van der Waals surface area contributed by atoms with Crippen LogP contribution in [0.5, 0.6) is 0 Å². The summed E-state index contributed by atoms with van der Waals surface area (Å²) in [7, 11) is 0. The van der Waals surface area contributed by atoms with Gasteiger partial charge >= 0.3 is 0 Å². The second kappa shape index (κ2) is 7.39. The van der Waals surface area contributed by atoms with Gasteiger partial charge in [0.2, 0.25) is 0 Å². The van der Waals surface area contributed by atoms with E-state index in [-0.39, 0.29) is 0 Å². The maximum Gasteiger partial charge on any atom is 0.156 e. The van der Waals surface area contributed by atoms with E-state index in [9.17, 15) is 0 Å². The molecule has 0 amide bonds. The van der Waals surface area contributed by atoms with Crippen LogP contribution in [0, 0.1) is 5.92 Å².